The summed E-state index contributed by atoms with van der Waals surface area (Å²) in [7, 11) is 1.44. The third kappa shape index (κ3) is 2.14. The van der Waals surface area contributed by atoms with Crippen LogP contribution in [0.25, 0.3) is 16.7 Å². The van der Waals surface area contributed by atoms with Crippen LogP contribution in [0.1, 0.15) is 0 Å². The molecule has 0 saturated carbocycles. The van der Waals surface area contributed by atoms with Gasteiger partial charge in [0, 0.05) is 10.5 Å². The minimum atomic E-state index is -0.399. The van der Waals surface area contributed by atoms with Crippen LogP contribution in [0.15, 0.2) is 40.9 Å². The summed E-state index contributed by atoms with van der Waals surface area (Å²) < 4.78 is 21.9. The lowest BCUT2D eigenvalue weighted by Gasteiger charge is -2.08. The topological polar surface area (TPSA) is 29.9 Å². The van der Waals surface area contributed by atoms with Crippen molar-refractivity contribution in [3.8, 4) is 11.4 Å². The normalized spacial score (nSPS) is 10.9. The van der Waals surface area contributed by atoms with Crippen LogP contribution in [0.5, 0.6) is 5.75 Å². The average molecular weight is 353 g/mol. The van der Waals surface area contributed by atoms with E-state index in [0.717, 1.165) is 21.2 Å². The Morgan fingerprint density at radius 2 is 2.05 bits per heavy atom. The Balaban J connectivity index is 2.31. The average Bonchev–Trinajstić information content (AvgIpc) is 2.75. The molecule has 1 heterocycles. The number of rotatable bonds is 2. The maximum Gasteiger partial charge on any atom is 0.182 e. The van der Waals surface area contributed by atoms with Gasteiger partial charge < -0.3 is 9.72 Å². The van der Waals surface area contributed by atoms with E-state index >= 15 is 0 Å². The van der Waals surface area contributed by atoms with Gasteiger partial charge in [0.05, 0.1) is 23.8 Å². The highest BCUT2D eigenvalue weighted by Gasteiger charge is 2.10. The van der Waals surface area contributed by atoms with Crippen LogP contribution in [-0.4, -0.2) is 16.7 Å². The van der Waals surface area contributed by atoms with Crippen LogP contribution in [0.2, 0.25) is 0 Å². The van der Waals surface area contributed by atoms with Gasteiger partial charge >= 0.3 is 0 Å². The molecule has 0 aliphatic rings. The molecule has 0 atom stereocenters. The van der Waals surface area contributed by atoms with Crippen LogP contribution in [0.3, 0.4) is 0 Å². The number of aromatic nitrogens is 2. The fourth-order valence-corrected chi connectivity index (χ4v) is 2.78. The van der Waals surface area contributed by atoms with Crippen molar-refractivity contribution in [2.24, 2.45) is 0 Å². The maximum absolute atomic E-state index is 13.5. The number of hydrogen-bond donors (Lipinski definition) is 1. The van der Waals surface area contributed by atoms with Crippen molar-refractivity contribution >= 4 is 39.2 Å². The zero-order chi connectivity index (χ0) is 14.3. The van der Waals surface area contributed by atoms with Crippen molar-refractivity contribution in [2.75, 3.05) is 7.11 Å². The molecular formula is C14H10BrFN2OS. The molecule has 0 aliphatic carbocycles. The highest BCUT2D eigenvalue weighted by molar-refractivity contribution is 9.10. The first-order valence-electron chi connectivity index (χ1n) is 5.84. The van der Waals surface area contributed by atoms with Crippen LogP contribution < -0.4 is 4.74 Å². The molecule has 3 nitrogen and oxygen atoms in total. The van der Waals surface area contributed by atoms with E-state index in [1.165, 1.54) is 13.2 Å². The van der Waals surface area contributed by atoms with Gasteiger partial charge in [-0.1, -0.05) is 15.9 Å². The molecule has 0 unspecified atom stereocenters. The first kappa shape index (κ1) is 13.3. The van der Waals surface area contributed by atoms with Crippen molar-refractivity contribution in [3.05, 3.63) is 51.5 Å². The van der Waals surface area contributed by atoms with Gasteiger partial charge in [-0.2, -0.15) is 0 Å². The van der Waals surface area contributed by atoms with Crippen LogP contribution in [0.4, 0.5) is 4.39 Å². The Morgan fingerprint density at radius 1 is 1.25 bits per heavy atom. The molecule has 20 heavy (non-hydrogen) atoms. The molecule has 3 rings (SSSR count). The summed E-state index contributed by atoms with van der Waals surface area (Å²) in [6.45, 7) is 0. The number of benzene rings is 2. The standard InChI is InChI=1S/C14H10BrFN2OS/c1-19-13-7-9(3-4-10(13)16)18-12-6-8(15)2-5-11(12)17-14(18)20/h2-7H,1H3,(H,17,20). The number of aromatic amines is 1. The molecule has 102 valence electrons. The Kier molecular flexibility index (Phi) is 3.35. The second kappa shape index (κ2) is 5.03. The summed E-state index contributed by atoms with van der Waals surface area (Å²) in [5.74, 6) is -0.211. The van der Waals surface area contributed by atoms with E-state index in [0.29, 0.717) is 4.77 Å². The number of methoxy groups -OCH3 is 1. The lowest BCUT2D eigenvalue weighted by atomic mass is 10.2. The van der Waals surface area contributed by atoms with Crippen LogP contribution in [0, 0.1) is 10.6 Å². The number of fused-ring (bicyclic) bond motifs is 1. The maximum atomic E-state index is 13.5. The van der Waals surface area contributed by atoms with Crippen LogP contribution >= 0.6 is 28.1 Å². The van der Waals surface area contributed by atoms with Gasteiger partial charge in [-0.25, -0.2) is 4.39 Å². The van der Waals surface area contributed by atoms with Gasteiger partial charge in [-0.05, 0) is 42.5 Å². The van der Waals surface area contributed by atoms with E-state index in [4.69, 9.17) is 17.0 Å². The molecule has 0 radical (unpaired) electrons. The summed E-state index contributed by atoms with van der Waals surface area (Å²) in [6.07, 6.45) is 0. The van der Waals surface area contributed by atoms with Gasteiger partial charge in [-0.15, -0.1) is 0 Å². The molecule has 0 amide bonds. The molecule has 2 aromatic carbocycles. The van der Waals surface area contributed by atoms with E-state index < -0.39 is 5.82 Å². The molecule has 1 N–H and O–H groups in total. The molecule has 0 bridgehead atoms. The Bertz CT molecular complexity index is 856. The number of nitrogens with zero attached hydrogens (tertiary/aromatic N) is 1. The SMILES string of the molecule is COc1cc(-n2c(=S)[nH]c3ccc(Br)cc32)ccc1F. The Labute approximate surface area is 128 Å². The van der Waals surface area contributed by atoms with E-state index in [-0.39, 0.29) is 5.75 Å². The second-order valence-corrected chi connectivity index (χ2v) is 5.55. The predicted octanol–water partition coefficient (Wildman–Crippen LogP) is 4.60. The number of nitrogens with one attached hydrogen (secondary N) is 1. The van der Waals surface area contributed by atoms with Crippen molar-refractivity contribution in [1.29, 1.82) is 0 Å². The number of halogens is 2. The zero-order valence-electron chi connectivity index (χ0n) is 10.5. The smallest absolute Gasteiger partial charge is 0.182 e. The number of hydrogen-bond acceptors (Lipinski definition) is 2. The lowest BCUT2D eigenvalue weighted by molar-refractivity contribution is 0.386. The van der Waals surface area contributed by atoms with E-state index in [2.05, 4.69) is 20.9 Å². The van der Waals surface area contributed by atoms with E-state index in [1.54, 1.807) is 12.1 Å². The van der Waals surface area contributed by atoms with Crippen LogP contribution in [-0.2, 0) is 0 Å². The Hall–Kier alpha value is -1.66. The van der Waals surface area contributed by atoms with E-state index in [1.807, 2.05) is 22.8 Å². The van der Waals surface area contributed by atoms with Crippen molar-refractivity contribution < 1.29 is 9.13 Å². The van der Waals surface area contributed by atoms with Gasteiger partial charge in [0.1, 0.15) is 0 Å². The Morgan fingerprint density at radius 3 is 2.80 bits per heavy atom. The van der Waals surface area contributed by atoms with Gasteiger partial charge in [-0.3, -0.25) is 4.57 Å². The summed E-state index contributed by atoms with van der Waals surface area (Å²) in [5.41, 5.74) is 2.58. The lowest BCUT2D eigenvalue weighted by Crippen LogP contribution is -1.96. The highest BCUT2D eigenvalue weighted by Crippen LogP contribution is 2.26. The molecule has 0 fully saturated rings. The monoisotopic (exact) mass is 352 g/mol. The molecule has 1 aromatic heterocycles. The number of H-pyrrole nitrogens is 1. The molecule has 0 aliphatic heterocycles. The minimum absolute atomic E-state index is 0.189. The summed E-state index contributed by atoms with van der Waals surface area (Å²) in [5, 5.41) is 0. The largest absolute Gasteiger partial charge is 0.494 e. The molecule has 3 aromatic rings. The third-order valence-corrected chi connectivity index (χ3v) is 3.82. The summed E-state index contributed by atoms with van der Waals surface area (Å²) in [6, 6.07) is 10.5. The first-order chi connectivity index (χ1) is 9.60. The third-order valence-electron chi connectivity index (χ3n) is 3.04. The minimum Gasteiger partial charge on any atom is -0.494 e. The second-order valence-electron chi connectivity index (χ2n) is 4.25. The van der Waals surface area contributed by atoms with Gasteiger partial charge in [0.25, 0.3) is 0 Å². The fourth-order valence-electron chi connectivity index (χ4n) is 2.12. The van der Waals surface area contributed by atoms with E-state index in [9.17, 15) is 4.39 Å². The number of ether oxygens (including phenoxy) is 1. The van der Waals surface area contributed by atoms with Gasteiger partial charge in [0.15, 0.2) is 16.3 Å². The molecule has 6 heteroatoms. The molecule has 0 spiro atoms. The quantitative estimate of drug-likeness (QED) is 0.683. The van der Waals surface area contributed by atoms with Gasteiger partial charge in [0.2, 0.25) is 0 Å². The molecular weight excluding hydrogens is 343 g/mol. The van der Waals surface area contributed by atoms with Crippen molar-refractivity contribution in [1.82, 2.24) is 9.55 Å². The highest BCUT2D eigenvalue weighted by atomic mass is 79.9. The first-order valence-corrected chi connectivity index (χ1v) is 7.04. The van der Waals surface area contributed by atoms with Crippen molar-refractivity contribution in [3.63, 3.8) is 0 Å². The zero-order valence-corrected chi connectivity index (χ0v) is 12.9. The predicted molar refractivity (Wildman–Crippen MR) is 82.7 cm³/mol. The molecule has 0 saturated heterocycles. The number of imidazole rings is 1. The summed E-state index contributed by atoms with van der Waals surface area (Å²) in [4.78, 5) is 3.13. The summed E-state index contributed by atoms with van der Waals surface area (Å²) >= 11 is 8.79. The fraction of sp³-hybridized carbons (Fsp3) is 0.0714. The van der Waals surface area contributed by atoms with Crippen molar-refractivity contribution in [2.45, 2.75) is 0 Å².